The van der Waals surface area contributed by atoms with E-state index in [1.165, 1.54) is 47.6 Å². The van der Waals surface area contributed by atoms with Crippen LogP contribution in [0.1, 0.15) is 120 Å². The van der Waals surface area contributed by atoms with Crippen molar-refractivity contribution in [3.8, 4) is 33.8 Å². The molecule has 4 aromatic rings. The number of nitrogens with zero attached hydrogens (tertiary/aromatic N) is 2. The molecule has 18 nitrogen and oxygen atoms in total. The number of carbonyl (C=O) groups is 7. The minimum absolute atomic E-state index is 0.0574. The SMILES string of the molecule is CCCCCCCOc1ccc(-c2ccc(-c3ccc(C(=O)N[C@H]4CCCNC(=O)[C@@H]5C[C@H](N)CN5C(=O)[C@H](CCCN)NC(=O)[C@H](CCc5ccc(O)cc5)NC(=O)[C@@H]5CCCN5C(=O)[C@H](C(C)C)NC4=O)cc3)cc2)cc1. The highest BCUT2D eigenvalue weighted by atomic mass is 16.5. The first-order valence-corrected chi connectivity index (χ1v) is 28.4. The van der Waals surface area contributed by atoms with E-state index < -0.39 is 89.6 Å². The van der Waals surface area contributed by atoms with E-state index in [-0.39, 0.29) is 64.0 Å². The van der Waals surface area contributed by atoms with Gasteiger partial charge in [-0.05, 0) is 141 Å². The number of unbranched alkanes of at least 4 members (excludes halogenated alkanes) is 4. The third-order valence-corrected chi connectivity index (χ3v) is 15.3. The molecule has 79 heavy (non-hydrogen) atoms. The third kappa shape index (κ3) is 16.4. The second kappa shape index (κ2) is 29.1. The van der Waals surface area contributed by atoms with Gasteiger partial charge in [-0.15, -0.1) is 0 Å². The number of ether oxygens (including phenoxy) is 1. The lowest BCUT2D eigenvalue weighted by Crippen LogP contribution is -2.60. The topological polar surface area (TPSA) is 268 Å². The molecule has 10 N–H and O–H groups in total. The molecule has 3 aliphatic rings. The number of phenolic OH excluding ortho intramolecular Hbond substituents is 1. The Morgan fingerprint density at radius 3 is 1.96 bits per heavy atom. The van der Waals surface area contributed by atoms with Crippen LogP contribution in [0.5, 0.6) is 11.5 Å². The van der Waals surface area contributed by atoms with Crippen molar-refractivity contribution >= 4 is 41.4 Å². The number of hydrogen-bond acceptors (Lipinski definition) is 11. The van der Waals surface area contributed by atoms with E-state index in [1.54, 1.807) is 38.1 Å². The Balaban J connectivity index is 1.08. The summed E-state index contributed by atoms with van der Waals surface area (Å²) in [6.07, 6.45) is 8.07. The summed E-state index contributed by atoms with van der Waals surface area (Å²) in [7, 11) is 0. The standard InChI is InChI=1S/C61H81N9O9/c1-4-5-6-7-8-36-79-48-30-26-44(27-31-48)42-20-18-41(19-21-42)43-22-24-45(25-23-43)55(72)65-49-13-10-34-64-58(75)53-37-46(63)38-70(53)60(77)51(12-9-33-62)67-56(73)50(32-17-40-15-28-47(71)29-16-40)66-59(76)52-14-11-35-69(52)61(78)54(39(2)3)68-57(49)74/h15-16,18-31,39,46,49-54,71H,4-14,17,32-38,62-63H2,1-3H3,(H,64,75)(H,65,72)(H,66,76)(H,67,73)(H,68,74)/t46-,49-,50-,51-,52-,53-,54-/m0/s1. The number of amides is 7. The number of aromatic hydroxyl groups is 1. The Morgan fingerprint density at radius 1 is 0.684 bits per heavy atom. The summed E-state index contributed by atoms with van der Waals surface area (Å²) in [4.78, 5) is 103. The number of hydrogen-bond donors (Lipinski definition) is 8. The number of rotatable bonds is 18. The summed E-state index contributed by atoms with van der Waals surface area (Å²) in [6.45, 7) is 7.05. The van der Waals surface area contributed by atoms with Gasteiger partial charge in [-0.2, -0.15) is 0 Å². The van der Waals surface area contributed by atoms with Crippen LogP contribution in [-0.2, 0) is 35.2 Å². The molecule has 3 saturated heterocycles. The molecular weight excluding hydrogens is 1000 g/mol. The zero-order valence-corrected chi connectivity index (χ0v) is 46.1. The van der Waals surface area contributed by atoms with Crippen molar-refractivity contribution in [2.24, 2.45) is 17.4 Å². The van der Waals surface area contributed by atoms with Crippen molar-refractivity contribution in [3.63, 3.8) is 0 Å². The predicted molar refractivity (Wildman–Crippen MR) is 303 cm³/mol. The van der Waals surface area contributed by atoms with Gasteiger partial charge >= 0.3 is 0 Å². The molecule has 0 unspecified atom stereocenters. The first-order chi connectivity index (χ1) is 38.1. The predicted octanol–water partition coefficient (Wildman–Crippen LogP) is 5.49. The van der Waals surface area contributed by atoms with Gasteiger partial charge in [0.05, 0.1) is 6.61 Å². The maximum absolute atomic E-state index is 14.6. The second-order valence-corrected chi connectivity index (χ2v) is 21.6. The van der Waals surface area contributed by atoms with Gasteiger partial charge in [0.15, 0.2) is 0 Å². The van der Waals surface area contributed by atoms with Gasteiger partial charge in [-0.3, -0.25) is 33.6 Å². The fourth-order valence-corrected chi connectivity index (χ4v) is 10.6. The lowest BCUT2D eigenvalue weighted by molar-refractivity contribution is -0.143. The van der Waals surface area contributed by atoms with Gasteiger partial charge in [-0.1, -0.05) is 107 Å². The van der Waals surface area contributed by atoms with Gasteiger partial charge in [0.1, 0.15) is 47.8 Å². The minimum Gasteiger partial charge on any atom is -0.508 e. The molecule has 18 heteroatoms. The van der Waals surface area contributed by atoms with E-state index >= 15 is 0 Å². The number of nitrogens with one attached hydrogen (secondary N) is 5. The Bertz CT molecular complexity index is 2680. The molecule has 3 aliphatic heterocycles. The molecule has 0 aromatic heterocycles. The Labute approximate surface area is 464 Å². The quantitative estimate of drug-likeness (QED) is 0.0578. The molecule has 7 atom stereocenters. The van der Waals surface area contributed by atoms with E-state index in [2.05, 4.69) is 45.6 Å². The molecule has 424 valence electrons. The van der Waals surface area contributed by atoms with Gasteiger partial charge < -0.3 is 57.7 Å². The summed E-state index contributed by atoms with van der Waals surface area (Å²) < 4.78 is 5.96. The van der Waals surface area contributed by atoms with Gasteiger partial charge in [0.2, 0.25) is 35.4 Å². The first kappa shape index (κ1) is 59.4. The number of benzene rings is 4. The lowest BCUT2D eigenvalue weighted by Gasteiger charge is -2.32. The first-order valence-electron chi connectivity index (χ1n) is 28.4. The van der Waals surface area contributed by atoms with Crippen LogP contribution in [-0.4, -0.2) is 131 Å². The third-order valence-electron chi connectivity index (χ3n) is 15.3. The van der Waals surface area contributed by atoms with Crippen LogP contribution < -0.4 is 42.8 Å². The highest BCUT2D eigenvalue weighted by Crippen LogP contribution is 2.28. The van der Waals surface area contributed by atoms with Crippen molar-refractivity contribution in [1.82, 2.24) is 36.4 Å². The summed E-state index contributed by atoms with van der Waals surface area (Å²) in [5, 5.41) is 24.3. The molecule has 4 aromatic carbocycles. The van der Waals surface area contributed by atoms with E-state index in [9.17, 15) is 38.7 Å². The average molecular weight is 1080 g/mol. The van der Waals surface area contributed by atoms with Gasteiger partial charge in [-0.25, -0.2) is 0 Å². The largest absolute Gasteiger partial charge is 0.508 e. The van der Waals surface area contributed by atoms with Crippen molar-refractivity contribution in [2.45, 2.75) is 153 Å². The molecule has 3 fully saturated rings. The van der Waals surface area contributed by atoms with Crippen LogP contribution >= 0.6 is 0 Å². The van der Waals surface area contributed by atoms with E-state index in [0.717, 1.165) is 40.0 Å². The van der Waals surface area contributed by atoms with E-state index in [4.69, 9.17) is 16.2 Å². The van der Waals surface area contributed by atoms with Crippen LogP contribution in [0.2, 0.25) is 0 Å². The van der Waals surface area contributed by atoms with Crippen LogP contribution in [0.3, 0.4) is 0 Å². The molecule has 0 spiro atoms. The number of carbonyl (C=O) groups excluding carboxylic acids is 7. The maximum Gasteiger partial charge on any atom is 0.251 e. The molecule has 0 saturated carbocycles. The molecule has 7 rings (SSSR count). The molecule has 0 aliphatic carbocycles. The molecule has 3 heterocycles. The zero-order valence-electron chi connectivity index (χ0n) is 46.1. The Kier molecular flexibility index (Phi) is 21.8. The number of aryl methyl sites for hydroxylation is 1. The second-order valence-electron chi connectivity index (χ2n) is 21.6. The van der Waals surface area contributed by atoms with Crippen molar-refractivity contribution in [3.05, 3.63) is 108 Å². The highest BCUT2D eigenvalue weighted by Gasteiger charge is 2.43. The molecule has 0 radical (unpaired) electrons. The van der Waals surface area contributed by atoms with Gasteiger partial charge in [0.25, 0.3) is 5.91 Å². The summed E-state index contributed by atoms with van der Waals surface area (Å²) in [5.74, 6) is -3.36. The fraction of sp³-hybridized carbons (Fsp3) is 0.492. The summed E-state index contributed by atoms with van der Waals surface area (Å²) in [6, 6.07) is 22.8. The van der Waals surface area contributed by atoms with Crippen molar-refractivity contribution in [1.29, 1.82) is 0 Å². The average Bonchev–Trinajstić information content (AvgIpc) is 4.16. The lowest BCUT2D eigenvalue weighted by atomic mass is 9.99. The number of phenols is 1. The van der Waals surface area contributed by atoms with Crippen LogP contribution in [0, 0.1) is 5.92 Å². The van der Waals surface area contributed by atoms with E-state index in [0.29, 0.717) is 37.9 Å². The monoisotopic (exact) mass is 1080 g/mol. The smallest absolute Gasteiger partial charge is 0.251 e. The minimum atomic E-state index is -1.17. The normalized spacial score (nSPS) is 22.7. The van der Waals surface area contributed by atoms with Crippen LogP contribution in [0.25, 0.3) is 22.3 Å². The van der Waals surface area contributed by atoms with Crippen LogP contribution in [0.4, 0.5) is 0 Å². The summed E-state index contributed by atoms with van der Waals surface area (Å²) in [5.41, 5.74) is 17.3. The molecule has 7 amide bonds. The van der Waals surface area contributed by atoms with Gasteiger partial charge in [0, 0.05) is 31.2 Å². The maximum atomic E-state index is 14.6. The Hall–Kier alpha value is -7.31. The Morgan fingerprint density at radius 2 is 1.32 bits per heavy atom. The molecule has 0 bridgehead atoms. The van der Waals surface area contributed by atoms with E-state index in [1.807, 2.05) is 48.5 Å². The van der Waals surface area contributed by atoms with Crippen molar-refractivity contribution < 1.29 is 43.4 Å². The summed E-state index contributed by atoms with van der Waals surface area (Å²) >= 11 is 0. The fourth-order valence-electron chi connectivity index (χ4n) is 10.6. The van der Waals surface area contributed by atoms with Crippen LogP contribution in [0.15, 0.2) is 97.1 Å². The van der Waals surface area contributed by atoms with Crippen molar-refractivity contribution in [2.75, 3.05) is 32.8 Å². The number of fused-ring (bicyclic) bond motifs is 2. The zero-order chi connectivity index (χ0) is 56.4. The number of nitrogens with two attached hydrogens (primary N) is 2. The molecular formula is C61H81N9O9. The highest BCUT2D eigenvalue weighted by molar-refractivity contribution is 6.00.